The van der Waals surface area contributed by atoms with Crippen molar-refractivity contribution in [1.29, 1.82) is 0 Å². The number of thiophene rings is 1. The van der Waals surface area contributed by atoms with Gasteiger partial charge < -0.3 is 15.0 Å². The zero-order valence-corrected chi connectivity index (χ0v) is 18.2. The van der Waals surface area contributed by atoms with Crippen molar-refractivity contribution >= 4 is 27.4 Å². The SMILES string of the molecule is Cc1csc2ncnc(NC3CCN(Cc4ccc(OCCN(C)C)cc4)C3)c12. The fourth-order valence-electron chi connectivity index (χ4n) is 3.71. The highest BCUT2D eigenvalue weighted by atomic mass is 32.1. The number of likely N-dealkylation sites (N-methyl/N-ethyl adjacent to an activating group) is 1. The van der Waals surface area contributed by atoms with E-state index in [4.69, 9.17) is 4.74 Å². The molecule has 1 atom stereocenters. The van der Waals surface area contributed by atoms with E-state index in [1.165, 1.54) is 16.5 Å². The van der Waals surface area contributed by atoms with Gasteiger partial charge in [0.2, 0.25) is 0 Å². The van der Waals surface area contributed by atoms with E-state index in [9.17, 15) is 0 Å². The van der Waals surface area contributed by atoms with Gasteiger partial charge in [0, 0.05) is 32.2 Å². The molecule has 29 heavy (non-hydrogen) atoms. The fourth-order valence-corrected chi connectivity index (χ4v) is 4.60. The van der Waals surface area contributed by atoms with E-state index >= 15 is 0 Å². The molecule has 3 heterocycles. The van der Waals surface area contributed by atoms with E-state index in [2.05, 4.69) is 75.7 Å². The largest absolute Gasteiger partial charge is 0.492 e. The number of nitrogens with zero attached hydrogens (tertiary/aromatic N) is 4. The molecule has 2 aromatic heterocycles. The molecule has 0 spiro atoms. The predicted octanol–water partition coefficient (Wildman–Crippen LogP) is 3.63. The molecule has 0 radical (unpaired) electrons. The van der Waals surface area contributed by atoms with Crippen molar-refractivity contribution < 1.29 is 4.74 Å². The van der Waals surface area contributed by atoms with Gasteiger partial charge in [-0.3, -0.25) is 4.90 Å². The first kappa shape index (κ1) is 20.1. The minimum atomic E-state index is 0.418. The van der Waals surface area contributed by atoms with Crippen LogP contribution < -0.4 is 10.1 Å². The highest BCUT2D eigenvalue weighted by molar-refractivity contribution is 7.17. The van der Waals surface area contributed by atoms with Crippen molar-refractivity contribution in [2.75, 3.05) is 45.7 Å². The molecule has 0 aliphatic carbocycles. The van der Waals surface area contributed by atoms with E-state index < -0.39 is 0 Å². The quantitative estimate of drug-likeness (QED) is 0.611. The van der Waals surface area contributed by atoms with Gasteiger partial charge in [0.15, 0.2) is 0 Å². The maximum absolute atomic E-state index is 5.79. The second kappa shape index (κ2) is 9.07. The molecule has 1 saturated heterocycles. The summed E-state index contributed by atoms with van der Waals surface area (Å²) in [6, 6.07) is 8.92. The number of fused-ring (bicyclic) bond motifs is 1. The monoisotopic (exact) mass is 411 g/mol. The summed E-state index contributed by atoms with van der Waals surface area (Å²) in [6.45, 7) is 6.85. The average molecular weight is 412 g/mol. The van der Waals surface area contributed by atoms with Gasteiger partial charge in [-0.05, 0) is 56.1 Å². The summed E-state index contributed by atoms with van der Waals surface area (Å²) in [5.41, 5.74) is 2.57. The first-order valence-corrected chi connectivity index (χ1v) is 11.0. The minimum Gasteiger partial charge on any atom is -0.492 e. The Hall–Kier alpha value is -2.22. The summed E-state index contributed by atoms with van der Waals surface area (Å²) in [5, 5.41) is 6.98. The van der Waals surface area contributed by atoms with Gasteiger partial charge in [0.1, 0.15) is 29.3 Å². The van der Waals surface area contributed by atoms with Crippen LogP contribution in [0.3, 0.4) is 0 Å². The second-order valence-electron chi connectivity index (χ2n) is 7.98. The topological polar surface area (TPSA) is 53.5 Å². The fraction of sp³-hybridized carbons (Fsp3) is 0.455. The first-order chi connectivity index (χ1) is 14.1. The number of benzene rings is 1. The lowest BCUT2D eigenvalue weighted by molar-refractivity contribution is 0.261. The zero-order valence-electron chi connectivity index (χ0n) is 17.4. The van der Waals surface area contributed by atoms with Gasteiger partial charge in [0.25, 0.3) is 0 Å². The number of aromatic nitrogens is 2. The summed E-state index contributed by atoms with van der Waals surface area (Å²) in [7, 11) is 4.11. The summed E-state index contributed by atoms with van der Waals surface area (Å²) >= 11 is 1.68. The van der Waals surface area contributed by atoms with Crippen LogP contribution >= 0.6 is 11.3 Å². The Morgan fingerprint density at radius 1 is 1.24 bits per heavy atom. The van der Waals surface area contributed by atoms with E-state index in [1.807, 2.05) is 0 Å². The molecule has 0 saturated carbocycles. The third kappa shape index (κ3) is 5.04. The average Bonchev–Trinajstić information content (AvgIpc) is 3.30. The maximum atomic E-state index is 5.79. The molecule has 1 unspecified atom stereocenters. The Morgan fingerprint density at radius 2 is 2.07 bits per heavy atom. The molecule has 1 N–H and O–H groups in total. The van der Waals surface area contributed by atoms with Gasteiger partial charge >= 0.3 is 0 Å². The predicted molar refractivity (Wildman–Crippen MR) is 120 cm³/mol. The van der Waals surface area contributed by atoms with Crippen molar-refractivity contribution in [2.45, 2.75) is 25.9 Å². The van der Waals surface area contributed by atoms with Crippen LogP contribution in [0.2, 0.25) is 0 Å². The molecule has 0 bridgehead atoms. The summed E-state index contributed by atoms with van der Waals surface area (Å²) in [5.74, 6) is 1.91. The molecule has 3 aromatic rings. The van der Waals surface area contributed by atoms with Crippen LogP contribution in [0.1, 0.15) is 17.5 Å². The van der Waals surface area contributed by atoms with E-state index in [1.54, 1.807) is 17.7 Å². The lowest BCUT2D eigenvalue weighted by Crippen LogP contribution is -2.26. The second-order valence-corrected chi connectivity index (χ2v) is 8.84. The van der Waals surface area contributed by atoms with E-state index in [-0.39, 0.29) is 0 Å². The molecular formula is C22H29N5OS. The number of rotatable bonds is 8. The highest BCUT2D eigenvalue weighted by Gasteiger charge is 2.23. The first-order valence-electron chi connectivity index (χ1n) is 10.1. The standard InChI is InChI=1S/C22H29N5OS/c1-16-14-29-22-20(16)21(23-15-24-22)25-18-8-9-27(13-18)12-17-4-6-19(7-5-17)28-11-10-26(2)3/h4-7,14-15,18H,8-13H2,1-3H3,(H,23,24,25). The Morgan fingerprint density at radius 3 is 2.86 bits per heavy atom. The molecule has 0 amide bonds. The smallest absolute Gasteiger partial charge is 0.138 e. The number of aryl methyl sites for hydroxylation is 1. The van der Waals surface area contributed by atoms with E-state index in [0.29, 0.717) is 12.6 Å². The van der Waals surface area contributed by atoms with Crippen LogP contribution in [0.15, 0.2) is 36.0 Å². The van der Waals surface area contributed by atoms with E-state index in [0.717, 1.165) is 49.0 Å². The van der Waals surface area contributed by atoms with Crippen molar-refractivity contribution in [1.82, 2.24) is 19.8 Å². The number of hydrogen-bond donors (Lipinski definition) is 1. The lowest BCUT2D eigenvalue weighted by Gasteiger charge is -2.18. The number of nitrogens with one attached hydrogen (secondary N) is 1. The van der Waals surface area contributed by atoms with Crippen LogP contribution in [-0.2, 0) is 6.54 Å². The van der Waals surface area contributed by atoms with Gasteiger partial charge in [-0.1, -0.05) is 12.1 Å². The number of anilines is 1. The summed E-state index contributed by atoms with van der Waals surface area (Å²) in [6.07, 6.45) is 2.79. The van der Waals surface area contributed by atoms with Crippen LogP contribution in [0.5, 0.6) is 5.75 Å². The van der Waals surface area contributed by atoms with Crippen molar-refractivity contribution in [3.63, 3.8) is 0 Å². The zero-order chi connectivity index (χ0) is 20.2. The molecular weight excluding hydrogens is 382 g/mol. The van der Waals surface area contributed by atoms with Crippen LogP contribution in [0, 0.1) is 6.92 Å². The third-order valence-corrected chi connectivity index (χ3v) is 6.31. The van der Waals surface area contributed by atoms with Crippen molar-refractivity contribution in [3.8, 4) is 5.75 Å². The lowest BCUT2D eigenvalue weighted by atomic mass is 10.2. The van der Waals surface area contributed by atoms with Crippen LogP contribution in [-0.4, -0.2) is 66.1 Å². The highest BCUT2D eigenvalue weighted by Crippen LogP contribution is 2.29. The Labute approximate surface area is 176 Å². The molecule has 154 valence electrons. The molecule has 4 rings (SSSR count). The Balaban J connectivity index is 1.30. The van der Waals surface area contributed by atoms with Gasteiger partial charge in [-0.25, -0.2) is 9.97 Å². The molecule has 6 nitrogen and oxygen atoms in total. The molecule has 1 aliphatic rings. The molecule has 1 aliphatic heterocycles. The normalized spacial score (nSPS) is 17.3. The van der Waals surface area contributed by atoms with Crippen molar-refractivity contribution in [2.24, 2.45) is 0 Å². The van der Waals surface area contributed by atoms with Gasteiger partial charge in [-0.2, -0.15) is 0 Å². The number of likely N-dealkylation sites (tertiary alicyclic amines) is 1. The Bertz CT molecular complexity index is 940. The van der Waals surface area contributed by atoms with Gasteiger partial charge in [0.05, 0.1) is 5.39 Å². The summed E-state index contributed by atoms with van der Waals surface area (Å²) < 4.78 is 5.79. The number of hydrogen-bond acceptors (Lipinski definition) is 7. The third-order valence-electron chi connectivity index (χ3n) is 5.30. The van der Waals surface area contributed by atoms with Crippen molar-refractivity contribution in [3.05, 3.63) is 47.1 Å². The number of ether oxygens (including phenoxy) is 1. The maximum Gasteiger partial charge on any atom is 0.138 e. The van der Waals surface area contributed by atoms with Crippen LogP contribution in [0.25, 0.3) is 10.2 Å². The molecule has 7 heteroatoms. The van der Waals surface area contributed by atoms with Gasteiger partial charge in [-0.15, -0.1) is 11.3 Å². The van der Waals surface area contributed by atoms with Crippen LogP contribution in [0.4, 0.5) is 5.82 Å². The molecule has 1 fully saturated rings. The minimum absolute atomic E-state index is 0.418. The summed E-state index contributed by atoms with van der Waals surface area (Å²) in [4.78, 5) is 14.6. The molecule has 1 aromatic carbocycles. The Kier molecular flexibility index (Phi) is 6.28.